The van der Waals surface area contributed by atoms with E-state index in [1.165, 1.54) is 35.6 Å². The van der Waals surface area contributed by atoms with Crippen LogP contribution in [0.3, 0.4) is 0 Å². The second kappa shape index (κ2) is 4.83. The van der Waals surface area contributed by atoms with Crippen molar-refractivity contribution in [2.24, 2.45) is 0 Å². The zero-order valence-electron chi connectivity index (χ0n) is 10.1. The summed E-state index contributed by atoms with van der Waals surface area (Å²) in [6, 6.07) is 5.33. The van der Waals surface area contributed by atoms with E-state index in [4.69, 9.17) is 8.83 Å². The lowest BCUT2D eigenvalue weighted by molar-refractivity contribution is -0.402. The highest BCUT2D eigenvalue weighted by molar-refractivity contribution is 7.13. The molecule has 0 bridgehead atoms. The molecule has 0 saturated heterocycles. The highest BCUT2D eigenvalue weighted by Crippen LogP contribution is 2.33. The quantitative estimate of drug-likeness (QED) is 0.533. The Morgan fingerprint density at radius 1 is 0.952 bits per heavy atom. The number of aromatic nitrogens is 1. The van der Waals surface area contributed by atoms with E-state index in [0.717, 1.165) is 0 Å². The van der Waals surface area contributed by atoms with E-state index >= 15 is 0 Å². The van der Waals surface area contributed by atoms with E-state index in [9.17, 15) is 20.2 Å². The van der Waals surface area contributed by atoms with Crippen molar-refractivity contribution in [3.63, 3.8) is 0 Å². The van der Waals surface area contributed by atoms with Crippen molar-refractivity contribution in [3.8, 4) is 22.2 Å². The molecule has 106 valence electrons. The molecule has 0 amide bonds. The van der Waals surface area contributed by atoms with Gasteiger partial charge in [0.2, 0.25) is 0 Å². The number of furan rings is 2. The first kappa shape index (κ1) is 13.0. The van der Waals surface area contributed by atoms with Crippen LogP contribution in [0.4, 0.5) is 11.8 Å². The molecular formula is C11H5N3O6S. The Labute approximate surface area is 119 Å². The molecule has 0 atom stereocenters. The van der Waals surface area contributed by atoms with Crippen molar-refractivity contribution in [2.75, 3.05) is 0 Å². The van der Waals surface area contributed by atoms with Gasteiger partial charge in [-0.2, -0.15) is 0 Å². The molecule has 0 spiro atoms. The molecule has 3 aromatic heterocycles. The molecule has 0 unspecified atom stereocenters. The Kier molecular flexibility index (Phi) is 2.99. The topological polar surface area (TPSA) is 125 Å². The highest BCUT2D eigenvalue weighted by Gasteiger charge is 2.18. The minimum Gasteiger partial charge on any atom is -0.399 e. The molecule has 0 radical (unpaired) electrons. The molecule has 0 saturated carbocycles. The van der Waals surface area contributed by atoms with Crippen molar-refractivity contribution in [1.82, 2.24) is 4.98 Å². The standard InChI is InChI=1S/C11H5N3O6S/c15-13(16)9-3-1-7(19-9)6-5-21-11(12-6)8-2-4-10(20-8)14(17)18/h1-5H. The fourth-order valence-corrected chi connectivity index (χ4v) is 2.37. The van der Waals surface area contributed by atoms with Gasteiger partial charge in [0.05, 0.1) is 12.1 Å². The second-order valence-electron chi connectivity index (χ2n) is 3.83. The smallest absolute Gasteiger partial charge is 0.399 e. The van der Waals surface area contributed by atoms with Crippen LogP contribution in [0.5, 0.6) is 0 Å². The van der Waals surface area contributed by atoms with Crippen LogP contribution >= 0.6 is 11.3 Å². The van der Waals surface area contributed by atoms with Gasteiger partial charge in [0.15, 0.2) is 16.5 Å². The van der Waals surface area contributed by atoms with Gasteiger partial charge >= 0.3 is 11.8 Å². The van der Waals surface area contributed by atoms with Crippen LogP contribution in [0, 0.1) is 20.2 Å². The Morgan fingerprint density at radius 3 is 2.10 bits per heavy atom. The maximum Gasteiger partial charge on any atom is 0.433 e. The van der Waals surface area contributed by atoms with E-state index in [1.54, 1.807) is 5.38 Å². The molecular weight excluding hydrogens is 302 g/mol. The molecule has 0 aliphatic heterocycles. The van der Waals surface area contributed by atoms with Crippen molar-refractivity contribution >= 4 is 23.1 Å². The van der Waals surface area contributed by atoms with Gasteiger partial charge < -0.3 is 8.83 Å². The predicted molar refractivity (Wildman–Crippen MR) is 70.8 cm³/mol. The largest absolute Gasteiger partial charge is 0.433 e. The molecule has 0 N–H and O–H groups in total. The van der Waals surface area contributed by atoms with E-state index in [1.807, 2.05) is 0 Å². The second-order valence-corrected chi connectivity index (χ2v) is 4.69. The lowest BCUT2D eigenvalue weighted by atomic mass is 10.3. The molecule has 0 aliphatic rings. The normalized spacial score (nSPS) is 10.7. The zero-order valence-corrected chi connectivity index (χ0v) is 10.9. The summed E-state index contributed by atoms with van der Waals surface area (Å²) in [5.74, 6) is -0.271. The Balaban J connectivity index is 1.91. The highest BCUT2D eigenvalue weighted by atomic mass is 32.1. The Bertz CT molecular complexity index is 766. The average molecular weight is 307 g/mol. The minimum atomic E-state index is -0.646. The van der Waals surface area contributed by atoms with Gasteiger partial charge in [0, 0.05) is 5.38 Å². The molecule has 9 nitrogen and oxygen atoms in total. The monoisotopic (exact) mass is 307 g/mol. The number of thiazole rings is 1. The molecule has 3 aromatic rings. The van der Waals surface area contributed by atoms with E-state index in [2.05, 4.69) is 4.98 Å². The number of nitrogens with zero attached hydrogens (tertiary/aromatic N) is 3. The number of rotatable bonds is 4. The zero-order chi connectivity index (χ0) is 15.0. The summed E-state index contributed by atoms with van der Waals surface area (Å²) in [6.07, 6.45) is 0. The van der Waals surface area contributed by atoms with Crippen LogP contribution in [0.2, 0.25) is 0 Å². The van der Waals surface area contributed by atoms with Crippen molar-refractivity contribution < 1.29 is 18.7 Å². The van der Waals surface area contributed by atoms with Gasteiger partial charge in [-0.05, 0) is 12.1 Å². The van der Waals surface area contributed by atoms with Gasteiger partial charge in [0.1, 0.15) is 15.5 Å². The van der Waals surface area contributed by atoms with E-state index < -0.39 is 9.85 Å². The van der Waals surface area contributed by atoms with Gasteiger partial charge in [-0.3, -0.25) is 20.2 Å². The maximum atomic E-state index is 10.6. The summed E-state index contributed by atoms with van der Waals surface area (Å²) in [5, 5.41) is 23.1. The summed E-state index contributed by atoms with van der Waals surface area (Å²) in [7, 11) is 0. The summed E-state index contributed by atoms with van der Waals surface area (Å²) in [4.78, 5) is 24.0. The number of hydrogen-bond donors (Lipinski definition) is 0. The lowest BCUT2D eigenvalue weighted by Crippen LogP contribution is -1.83. The third kappa shape index (κ3) is 2.39. The predicted octanol–water partition coefficient (Wildman–Crippen LogP) is 3.48. The van der Waals surface area contributed by atoms with Gasteiger partial charge in [0.25, 0.3) is 0 Å². The van der Waals surface area contributed by atoms with Crippen LogP contribution in [0.25, 0.3) is 22.2 Å². The molecule has 3 heterocycles. The fourth-order valence-electron chi connectivity index (χ4n) is 1.60. The fraction of sp³-hybridized carbons (Fsp3) is 0. The van der Waals surface area contributed by atoms with Gasteiger partial charge in [-0.15, -0.1) is 11.3 Å². The van der Waals surface area contributed by atoms with Crippen molar-refractivity contribution in [1.29, 1.82) is 0 Å². The van der Waals surface area contributed by atoms with E-state index in [-0.39, 0.29) is 23.3 Å². The first-order valence-electron chi connectivity index (χ1n) is 5.49. The van der Waals surface area contributed by atoms with Gasteiger partial charge in [-0.25, -0.2) is 4.98 Å². The summed E-state index contributed by atoms with van der Waals surface area (Å²) in [5.41, 5.74) is 0.391. The van der Waals surface area contributed by atoms with Crippen LogP contribution in [0.1, 0.15) is 0 Å². The molecule has 10 heteroatoms. The molecule has 0 aliphatic carbocycles. The first-order chi connectivity index (χ1) is 10.0. The van der Waals surface area contributed by atoms with E-state index in [0.29, 0.717) is 10.7 Å². The number of hydrogen-bond acceptors (Lipinski definition) is 8. The van der Waals surface area contributed by atoms with Gasteiger partial charge in [-0.1, -0.05) is 0 Å². The summed E-state index contributed by atoms with van der Waals surface area (Å²) < 4.78 is 10.1. The van der Waals surface area contributed by atoms with Crippen LogP contribution in [0.15, 0.2) is 38.5 Å². The summed E-state index contributed by atoms with van der Waals surface area (Å²) >= 11 is 1.18. The molecule has 0 aromatic carbocycles. The van der Waals surface area contributed by atoms with Crippen LogP contribution in [-0.4, -0.2) is 14.8 Å². The molecule has 3 rings (SSSR count). The van der Waals surface area contributed by atoms with Crippen molar-refractivity contribution in [3.05, 3.63) is 49.9 Å². The maximum absolute atomic E-state index is 10.6. The third-order valence-corrected chi connectivity index (χ3v) is 3.37. The Morgan fingerprint density at radius 2 is 1.52 bits per heavy atom. The molecule has 0 fully saturated rings. The minimum absolute atomic E-state index is 0.241. The third-order valence-electron chi connectivity index (χ3n) is 2.51. The molecule has 21 heavy (non-hydrogen) atoms. The van der Waals surface area contributed by atoms with Crippen molar-refractivity contribution in [2.45, 2.75) is 0 Å². The Hall–Kier alpha value is -3.01. The first-order valence-corrected chi connectivity index (χ1v) is 6.37. The number of nitro groups is 2. The SMILES string of the molecule is O=[N+]([O-])c1ccc(-c2csc(-c3ccc([N+](=O)[O-])o3)n2)o1. The van der Waals surface area contributed by atoms with Crippen LogP contribution < -0.4 is 0 Å². The average Bonchev–Trinajstić information content (AvgIpc) is 3.18. The van der Waals surface area contributed by atoms with Crippen LogP contribution in [-0.2, 0) is 0 Å². The lowest BCUT2D eigenvalue weighted by Gasteiger charge is -1.89. The summed E-state index contributed by atoms with van der Waals surface area (Å²) in [6.45, 7) is 0.